The van der Waals surface area contributed by atoms with E-state index < -0.39 is 0 Å². The summed E-state index contributed by atoms with van der Waals surface area (Å²) in [5.74, 6) is 0.678. The lowest BCUT2D eigenvalue weighted by atomic mass is 9.56. The SMILES string of the molecule is Cl.O=C1CCC(c2cccc(Cl)c2)(c2cccc(Cl)c2)C2CNCC12. The van der Waals surface area contributed by atoms with Crippen LogP contribution in [0.2, 0.25) is 10.0 Å². The summed E-state index contributed by atoms with van der Waals surface area (Å²) in [4.78, 5) is 12.5. The average molecular weight is 397 g/mol. The van der Waals surface area contributed by atoms with Crippen LogP contribution in [-0.4, -0.2) is 18.9 Å². The Labute approximate surface area is 164 Å². The van der Waals surface area contributed by atoms with Gasteiger partial charge in [0.15, 0.2) is 0 Å². The number of hydrogen-bond acceptors (Lipinski definition) is 2. The molecule has 2 atom stereocenters. The molecule has 1 N–H and O–H groups in total. The largest absolute Gasteiger partial charge is 0.316 e. The van der Waals surface area contributed by atoms with Crippen LogP contribution >= 0.6 is 35.6 Å². The minimum Gasteiger partial charge on any atom is -0.316 e. The Kier molecular flexibility index (Phi) is 5.45. The Morgan fingerprint density at radius 3 is 2.12 bits per heavy atom. The maximum absolute atomic E-state index is 12.5. The van der Waals surface area contributed by atoms with Gasteiger partial charge in [0.1, 0.15) is 5.78 Å². The molecular weight excluding hydrogens is 377 g/mol. The Morgan fingerprint density at radius 2 is 1.56 bits per heavy atom. The molecule has 0 radical (unpaired) electrons. The molecule has 0 spiro atoms. The third-order valence-corrected chi connectivity index (χ3v) is 6.18. The van der Waals surface area contributed by atoms with Crippen LogP contribution in [-0.2, 0) is 10.2 Å². The number of fused-ring (bicyclic) bond motifs is 1. The van der Waals surface area contributed by atoms with Gasteiger partial charge in [-0.25, -0.2) is 0 Å². The summed E-state index contributed by atoms with van der Waals surface area (Å²) in [6, 6.07) is 16.2. The van der Waals surface area contributed by atoms with Crippen LogP contribution in [0.3, 0.4) is 0 Å². The molecule has 2 fully saturated rings. The van der Waals surface area contributed by atoms with E-state index in [9.17, 15) is 4.79 Å². The summed E-state index contributed by atoms with van der Waals surface area (Å²) in [5.41, 5.74) is 2.14. The third-order valence-electron chi connectivity index (χ3n) is 5.71. The molecule has 2 aromatic carbocycles. The molecule has 2 nitrogen and oxygen atoms in total. The lowest BCUT2D eigenvalue weighted by Gasteiger charge is -2.46. The molecule has 2 unspecified atom stereocenters. The summed E-state index contributed by atoms with van der Waals surface area (Å²) in [5, 5.41) is 4.89. The van der Waals surface area contributed by atoms with Gasteiger partial charge in [-0.3, -0.25) is 4.79 Å². The van der Waals surface area contributed by atoms with Crippen LogP contribution in [0.4, 0.5) is 0 Å². The number of Topliss-reactive ketones (excluding diaryl/α,β-unsaturated/α-hetero) is 1. The highest BCUT2D eigenvalue weighted by Gasteiger charge is 2.52. The van der Waals surface area contributed by atoms with Crippen LogP contribution in [0.1, 0.15) is 24.0 Å². The van der Waals surface area contributed by atoms with Crippen LogP contribution in [0.5, 0.6) is 0 Å². The second-order valence-electron chi connectivity index (χ2n) is 6.83. The first-order valence-electron chi connectivity index (χ1n) is 8.37. The highest BCUT2D eigenvalue weighted by molar-refractivity contribution is 6.31. The van der Waals surface area contributed by atoms with Gasteiger partial charge in [0, 0.05) is 34.3 Å². The number of rotatable bonds is 2. The third kappa shape index (κ3) is 3.10. The molecule has 4 rings (SSSR count). The fourth-order valence-corrected chi connectivity index (χ4v) is 5.02. The van der Waals surface area contributed by atoms with E-state index in [1.807, 2.05) is 36.4 Å². The quantitative estimate of drug-likeness (QED) is 0.782. The monoisotopic (exact) mass is 395 g/mol. The zero-order chi connectivity index (χ0) is 16.7. The van der Waals surface area contributed by atoms with Crippen LogP contribution < -0.4 is 5.32 Å². The van der Waals surface area contributed by atoms with E-state index in [0.717, 1.165) is 29.6 Å². The van der Waals surface area contributed by atoms with Gasteiger partial charge in [0.2, 0.25) is 0 Å². The molecule has 0 aromatic heterocycles. The van der Waals surface area contributed by atoms with Gasteiger partial charge in [0.25, 0.3) is 0 Å². The van der Waals surface area contributed by atoms with E-state index in [1.54, 1.807) is 0 Å². The minimum atomic E-state index is -0.224. The average Bonchev–Trinajstić information content (AvgIpc) is 3.07. The van der Waals surface area contributed by atoms with E-state index >= 15 is 0 Å². The number of nitrogens with one attached hydrogen (secondary N) is 1. The first-order valence-corrected chi connectivity index (χ1v) is 9.12. The molecular formula is C20H20Cl3NO. The molecule has 2 aromatic rings. The van der Waals surface area contributed by atoms with Crippen molar-refractivity contribution in [2.24, 2.45) is 11.8 Å². The Bertz CT molecular complexity index is 747. The van der Waals surface area contributed by atoms with Crippen molar-refractivity contribution in [2.45, 2.75) is 18.3 Å². The molecule has 1 saturated carbocycles. The van der Waals surface area contributed by atoms with Crippen molar-refractivity contribution in [1.29, 1.82) is 0 Å². The number of carbonyl (C=O) groups is 1. The molecule has 0 bridgehead atoms. The highest BCUT2D eigenvalue weighted by atomic mass is 35.5. The summed E-state index contributed by atoms with van der Waals surface area (Å²) in [6.45, 7) is 1.61. The summed E-state index contributed by atoms with van der Waals surface area (Å²) < 4.78 is 0. The lowest BCUT2D eigenvalue weighted by molar-refractivity contribution is -0.126. The zero-order valence-corrected chi connectivity index (χ0v) is 16.0. The maximum atomic E-state index is 12.5. The van der Waals surface area contributed by atoms with Crippen LogP contribution in [0.15, 0.2) is 48.5 Å². The van der Waals surface area contributed by atoms with Crippen molar-refractivity contribution in [3.63, 3.8) is 0 Å². The number of carbonyl (C=O) groups excluding carboxylic acids is 1. The molecule has 1 heterocycles. The first kappa shape index (κ1) is 18.7. The van der Waals surface area contributed by atoms with Crippen molar-refractivity contribution in [2.75, 3.05) is 13.1 Å². The van der Waals surface area contributed by atoms with E-state index in [1.165, 1.54) is 11.1 Å². The molecule has 25 heavy (non-hydrogen) atoms. The van der Waals surface area contributed by atoms with Crippen LogP contribution in [0.25, 0.3) is 0 Å². The number of ketones is 1. The summed E-state index contributed by atoms with van der Waals surface area (Å²) in [6.07, 6.45) is 1.40. The molecule has 1 aliphatic heterocycles. The second kappa shape index (κ2) is 7.28. The van der Waals surface area contributed by atoms with E-state index in [4.69, 9.17) is 23.2 Å². The van der Waals surface area contributed by atoms with Gasteiger partial charge in [0.05, 0.1) is 0 Å². The normalized spacial score (nSPS) is 24.5. The summed E-state index contributed by atoms with van der Waals surface area (Å²) >= 11 is 12.6. The summed E-state index contributed by atoms with van der Waals surface area (Å²) in [7, 11) is 0. The number of halogens is 3. The van der Waals surface area contributed by atoms with E-state index in [-0.39, 0.29) is 29.7 Å². The zero-order valence-electron chi connectivity index (χ0n) is 13.7. The van der Waals surface area contributed by atoms with Crippen molar-refractivity contribution >= 4 is 41.4 Å². The smallest absolute Gasteiger partial charge is 0.137 e. The van der Waals surface area contributed by atoms with Crippen molar-refractivity contribution in [1.82, 2.24) is 5.32 Å². The van der Waals surface area contributed by atoms with E-state index in [0.29, 0.717) is 12.2 Å². The standard InChI is InChI=1S/C20H19Cl2NO.ClH/c21-15-5-1-3-13(9-15)20(14-4-2-6-16(22)10-14)8-7-19(24)17-11-23-12-18(17)20;/h1-6,9-10,17-18,23H,7-8,11-12H2;1H. The molecule has 2 aliphatic rings. The topological polar surface area (TPSA) is 29.1 Å². The molecule has 1 aliphatic carbocycles. The number of benzene rings is 2. The van der Waals surface area contributed by atoms with Gasteiger partial charge in [-0.05, 0) is 54.3 Å². The van der Waals surface area contributed by atoms with Crippen molar-refractivity contribution < 1.29 is 4.79 Å². The van der Waals surface area contributed by atoms with Gasteiger partial charge in [-0.15, -0.1) is 12.4 Å². The van der Waals surface area contributed by atoms with Crippen molar-refractivity contribution in [3.8, 4) is 0 Å². The Morgan fingerprint density at radius 1 is 0.960 bits per heavy atom. The van der Waals surface area contributed by atoms with Crippen molar-refractivity contribution in [3.05, 3.63) is 69.7 Å². The molecule has 0 amide bonds. The second-order valence-corrected chi connectivity index (χ2v) is 7.70. The van der Waals surface area contributed by atoms with E-state index in [2.05, 4.69) is 17.4 Å². The molecule has 5 heteroatoms. The molecule has 1 saturated heterocycles. The Balaban J connectivity index is 0.00000182. The Hall–Kier alpha value is -1.06. The highest BCUT2D eigenvalue weighted by Crippen LogP contribution is 2.51. The van der Waals surface area contributed by atoms with Gasteiger partial charge in [-0.2, -0.15) is 0 Å². The van der Waals surface area contributed by atoms with Gasteiger partial charge >= 0.3 is 0 Å². The first-order chi connectivity index (χ1) is 11.6. The molecule has 132 valence electrons. The fraction of sp³-hybridized carbons (Fsp3) is 0.350. The predicted octanol–water partition coefficient (Wildman–Crippen LogP) is 4.90. The lowest BCUT2D eigenvalue weighted by Crippen LogP contribution is -2.47. The minimum absolute atomic E-state index is 0. The van der Waals surface area contributed by atoms with Gasteiger partial charge in [-0.1, -0.05) is 47.5 Å². The van der Waals surface area contributed by atoms with Crippen LogP contribution in [0, 0.1) is 11.8 Å². The van der Waals surface area contributed by atoms with Gasteiger partial charge < -0.3 is 5.32 Å². The maximum Gasteiger partial charge on any atom is 0.137 e. The predicted molar refractivity (Wildman–Crippen MR) is 105 cm³/mol. The fourth-order valence-electron chi connectivity index (χ4n) is 4.64. The number of hydrogen-bond donors (Lipinski definition) is 1.